The third kappa shape index (κ3) is 2.65. The van der Waals surface area contributed by atoms with Gasteiger partial charge in [-0.25, -0.2) is 8.42 Å². The maximum Gasteiger partial charge on any atom is 0.217 e. The number of nitrogens with zero attached hydrogens (tertiary/aromatic N) is 1. The average molecular weight is 263 g/mol. The Labute approximate surface area is 103 Å². The third-order valence-corrected chi connectivity index (χ3v) is 5.90. The van der Waals surface area contributed by atoms with Gasteiger partial charge in [0.2, 0.25) is 10.0 Å². The molecule has 0 spiro atoms. The fourth-order valence-corrected chi connectivity index (χ4v) is 4.65. The summed E-state index contributed by atoms with van der Waals surface area (Å²) in [5.74, 6) is 0. The lowest BCUT2D eigenvalue weighted by Crippen LogP contribution is -2.64. The van der Waals surface area contributed by atoms with Gasteiger partial charge in [0, 0.05) is 26.3 Å². The van der Waals surface area contributed by atoms with Gasteiger partial charge in [0.25, 0.3) is 0 Å². The molecule has 0 aromatic heterocycles. The molecule has 0 aliphatic carbocycles. The van der Waals surface area contributed by atoms with Crippen LogP contribution in [0.5, 0.6) is 0 Å². The number of ether oxygens (including phenoxy) is 1. The van der Waals surface area contributed by atoms with Crippen LogP contribution in [-0.2, 0) is 14.8 Å². The van der Waals surface area contributed by atoms with Crippen LogP contribution in [0.25, 0.3) is 0 Å². The van der Waals surface area contributed by atoms with E-state index in [4.69, 9.17) is 4.74 Å². The van der Waals surface area contributed by atoms with Crippen LogP contribution in [0, 0.1) is 0 Å². The van der Waals surface area contributed by atoms with Crippen LogP contribution in [-0.4, -0.2) is 55.0 Å². The molecule has 100 valence electrons. The van der Waals surface area contributed by atoms with Crippen molar-refractivity contribution in [3.05, 3.63) is 0 Å². The summed E-state index contributed by atoms with van der Waals surface area (Å²) in [4.78, 5) is 0. The van der Waals surface area contributed by atoms with E-state index in [1.54, 1.807) is 0 Å². The molecule has 0 radical (unpaired) electrons. The largest absolute Gasteiger partial charge is 0.387 e. The summed E-state index contributed by atoms with van der Waals surface area (Å²) < 4.78 is 31.0. The Kier molecular flexibility index (Phi) is 3.77. The van der Waals surface area contributed by atoms with Gasteiger partial charge < -0.3 is 9.84 Å². The van der Waals surface area contributed by atoms with Crippen LogP contribution in [0.3, 0.4) is 0 Å². The topological polar surface area (TPSA) is 66.8 Å². The Morgan fingerprint density at radius 3 is 2.47 bits per heavy atom. The van der Waals surface area contributed by atoms with Gasteiger partial charge in [-0.1, -0.05) is 13.3 Å². The van der Waals surface area contributed by atoms with Gasteiger partial charge >= 0.3 is 0 Å². The summed E-state index contributed by atoms with van der Waals surface area (Å²) in [6, 6.07) is 0. The van der Waals surface area contributed by atoms with E-state index in [1.165, 1.54) is 4.31 Å². The molecule has 2 aliphatic heterocycles. The Bertz CT molecular complexity index is 356. The summed E-state index contributed by atoms with van der Waals surface area (Å²) in [5.41, 5.74) is -0.785. The Morgan fingerprint density at radius 2 is 1.94 bits per heavy atom. The molecule has 0 amide bonds. The van der Waals surface area contributed by atoms with Crippen LogP contribution in [0.4, 0.5) is 0 Å². The monoisotopic (exact) mass is 263 g/mol. The number of sulfonamides is 1. The summed E-state index contributed by atoms with van der Waals surface area (Å²) >= 11 is 0. The molecule has 2 rings (SSSR count). The third-order valence-electron chi connectivity index (χ3n) is 3.61. The smallest absolute Gasteiger partial charge is 0.217 e. The van der Waals surface area contributed by atoms with Gasteiger partial charge in [-0.15, -0.1) is 0 Å². The molecule has 6 heteroatoms. The first-order valence-electron chi connectivity index (χ1n) is 6.27. The zero-order valence-corrected chi connectivity index (χ0v) is 11.1. The van der Waals surface area contributed by atoms with Crippen molar-refractivity contribution < 1.29 is 18.3 Å². The van der Waals surface area contributed by atoms with Crippen molar-refractivity contribution >= 4 is 10.0 Å². The maximum atomic E-state index is 12.2. The van der Waals surface area contributed by atoms with E-state index >= 15 is 0 Å². The highest BCUT2D eigenvalue weighted by Gasteiger charge is 2.48. The normalized spacial score (nSPS) is 26.7. The van der Waals surface area contributed by atoms with Crippen molar-refractivity contribution in [3.8, 4) is 0 Å². The molecule has 0 unspecified atom stereocenters. The molecule has 17 heavy (non-hydrogen) atoms. The van der Waals surface area contributed by atoms with Gasteiger partial charge in [0.05, 0.1) is 10.9 Å². The first-order valence-corrected chi connectivity index (χ1v) is 7.77. The highest BCUT2D eigenvalue weighted by atomic mass is 32.2. The average Bonchev–Trinajstić information content (AvgIpc) is 2.27. The number of β-amino-alcohol motifs (C(OH)–C–C–N with tert-alkyl or cyclic N) is 1. The molecule has 1 N–H and O–H groups in total. The van der Waals surface area contributed by atoms with Crippen molar-refractivity contribution in [2.45, 2.75) is 43.5 Å². The van der Waals surface area contributed by atoms with Crippen LogP contribution < -0.4 is 0 Å². The second-order valence-corrected chi connectivity index (χ2v) is 7.31. The van der Waals surface area contributed by atoms with Crippen molar-refractivity contribution in [1.82, 2.24) is 4.31 Å². The minimum absolute atomic E-state index is 0.264. The molecular weight excluding hydrogens is 242 g/mol. The second kappa shape index (κ2) is 4.84. The zero-order valence-electron chi connectivity index (χ0n) is 10.3. The first-order chi connectivity index (χ1) is 7.98. The molecule has 0 saturated carbocycles. The maximum absolute atomic E-state index is 12.2. The molecule has 2 fully saturated rings. The lowest BCUT2D eigenvalue weighted by Gasteiger charge is -2.47. The second-order valence-electron chi connectivity index (χ2n) is 5.10. The molecule has 0 aromatic rings. The van der Waals surface area contributed by atoms with Crippen LogP contribution >= 0.6 is 0 Å². The van der Waals surface area contributed by atoms with Crippen LogP contribution in [0.2, 0.25) is 0 Å². The fraction of sp³-hybridized carbons (Fsp3) is 1.00. The number of hydrogen-bond donors (Lipinski definition) is 1. The van der Waals surface area contributed by atoms with Crippen LogP contribution in [0.1, 0.15) is 32.6 Å². The van der Waals surface area contributed by atoms with E-state index < -0.39 is 15.6 Å². The van der Waals surface area contributed by atoms with E-state index in [2.05, 4.69) is 0 Å². The van der Waals surface area contributed by atoms with Crippen molar-refractivity contribution in [1.29, 1.82) is 0 Å². The Balaban J connectivity index is 1.95. The van der Waals surface area contributed by atoms with Gasteiger partial charge in [-0.05, 0) is 19.3 Å². The van der Waals surface area contributed by atoms with E-state index in [9.17, 15) is 13.5 Å². The van der Waals surface area contributed by atoms with Crippen molar-refractivity contribution in [2.24, 2.45) is 0 Å². The quantitative estimate of drug-likeness (QED) is 0.794. The summed E-state index contributed by atoms with van der Waals surface area (Å²) in [6.45, 7) is 3.57. The first kappa shape index (κ1) is 13.3. The van der Waals surface area contributed by atoms with Crippen LogP contribution in [0.15, 0.2) is 0 Å². The molecule has 2 aliphatic rings. The Hall–Kier alpha value is -0.170. The minimum Gasteiger partial charge on any atom is -0.387 e. The standard InChI is InChI=1S/C11H21NO4S/c1-2-5-11(13)8-12(9-11)17(14,15)10-3-6-16-7-4-10/h10,13H,2-9H2,1H3. The SMILES string of the molecule is CCCC1(O)CN(S(=O)(=O)C2CCOCC2)C1. The van der Waals surface area contributed by atoms with E-state index in [-0.39, 0.29) is 18.3 Å². The highest BCUT2D eigenvalue weighted by Crippen LogP contribution is 2.31. The molecule has 2 heterocycles. The number of aliphatic hydroxyl groups is 1. The summed E-state index contributed by atoms with van der Waals surface area (Å²) in [5, 5.41) is 9.69. The van der Waals surface area contributed by atoms with Gasteiger partial charge in [-0.3, -0.25) is 0 Å². The van der Waals surface area contributed by atoms with Crippen molar-refractivity contribution in [3.63, 3.8) is 0 Å². The molecule has 2 saturated heterocycles. The number of hydrogen-bond acceptors (Lipinski definition) is 4. The highest BCUT2D eigenvalue weighted by molar-refractivity contribution is 7.89. The lowest BCUT2D eigenvalue weighted by molar-refractivity contribution is -0.0660. The van der Waals surface area contributed by atoms with E-state index in [1.807, 2.05) is 6.92 Å². The predicted molar refractivity (Wildman–Crippen MR) is 64.2 cm³/mol. The lowest BCUT2D eigenvalue weighted by atomic mass is 9.92. The van der Waals surface area contributed by atoms with E-state index in [0.717, 1.165) is 6.42 Å². The van der Waals surface area contributed by atoms with Gasteiger partial charge in [-0.2, -0.15) is 4.31 Å². The predicted octanol–water partition coefficient (Wildman–Crippen LogP) is 0.342. The summed E-state index contributed by atoms with van der Waals surface area (Å²) in [6.07, 6.45) is 2.70. The minimum atomic E-state index is -3.22. The number of rotatable bonds is 4. The molecule has 0 atom stereocenters. The van der Waals surface area contributed by atoms with E-state index in [0.29, 0.717) is 32.5 Å². The fourth-order valence-electron chi connectivity index (χ4n) is 2.60. The Morgan fingerprint density at radius 1 is 1.35 bits per heavy atom. The molecule has 5 nitrogen and oxygen atoms in total. The van der Waals surface area contributed by atoms with Gasteiger partial charge in [0.1, 0.15) is 0 Å². The summed E-state index contributed by atoms with van der Waals surface area (Å²) in [7, 11) is -3.22. The molecular formula is C11H21NO4S. The van der Waals surface area contributed by atoms with Gasteiger partial charge in [0.15, 0.2) is 0 Å². The zero-order chi connectivity index (χ0) is 12.5. The van der Waals surface area contributed by atoms with Crippen molar-refractivity contribution in [2.75, 3.05) is 26.3 Å². The molecule has 0 aromatic carbocycles. The molecule has 0 bridgehead atoms.